The standard InChI is InChI=1S/C15H14F4O3/c1-8(20)22-7-9(16)6-15(3-4-15)10-5-11(17)14(21-2)13(19)12(10)18/h5-6H,3-4,7H2,1-2H3. The zero-order valence-electron chi connectivity index (χ0n) is 12.0. The van der Waals surface area contributed by atoms with Gasteiger partial charge in [0.25, 0.3) is 0 Å². The van der Waals surface area contributed by atoms with E-state index in [2.05, 4.69) is 9.47 Å². The lowest BCUT2D eigenvalue weighted by Gasteiger charge is -2.15. The summed E-state index contributed by atoms with van der Waals surface area (Å²) < 4.78 is 64.2. The highest BCUT2D eigenvalue weighted by molar-refractivity contribution is 5.66. The number of rotatable bonds is 5. The van der Waals surface area contributed by atoms with Gasteiger partial charge in [-0.2, -0.15) is 4.39 Å². The average Bonchev–Trinajstić information content (AvgIpc) is 3.21. The van der Waals surface area contributed by atoms with E-state index in [0.29, 0.717) is 12.8 Å². The van der Waals surface area contributed by atoms with E-state index in [4.69, 9.17) is 0 Å². The van der Waals surface area contributed by atoms with Crippen LogP contribution in [0.4, 0.5) is 17.6 Å². The third kappa shape index (κ3) is 3.08. The van der Waals surface area contributed by atoms with Crippen LogP contribution in [0.5, 0.6) is 5.75 Å². The molecule has 22 heavy (non-hydrogen) atoms. The van der Waals surface area contributed by atoms with Crippen LogP contribution in [0.1, 0.15) is 25.3 Å². The summed E-state index contributed by atoms with van der Waals surface area (Å²) in [6.45, 7) is 0.522. The van der Waals surface area contributed by atoms with Gasteiger partial charge in [0.1, 0.15) is 12.4 Å². The van der Waals surface area contributed by atoms with Crippen LogP contribution in [0.25, 0.3) is 0 Å². The lowest BCUT2D eigenvalue weighted by Crippen LogP contribution is -2.11. The maximum Gasteiger partial charge on any atom is 0.303 e. The molecule has 0 heterocycles. The van der Waals surface area contributed by atoms with Gasteiger partial charge in [0.05, 0.1) is 7.11 Å². The zero-order chi connectivity index (χ0) is 16.5. The zero-order valence-corrected chi connectivity index (χ0v) is 12.0. The molecule has 0 aromatic heterocycles. The largest absolute Gasteiger partial charge is 0.491 e. The van der Waals surface area contributed by atoms with Gasteiger partial charge < -0.3 is 9.47 Å². The Balaban J connectivity index is 2.35. The number of ether oxygens (including phenoxy) is 2. The molecule has 0 radical (unpaired) electrons. The van der Waals surface area contributed by atoms with Gasteiger partial charge in [-0.3, -0.25) is 4.79 Å². The summed E-state index contributed by atoms with van der Waals surface area (Å²) in [6.07, 6.45) is 1.71. The van der Waals surface area contributed by atoms with Crippen LogP contribution in [-0.2, 0) is 14.9 Å². The number of methoxy groups -OCH3 is 1. The van der Waals surface area contributed by atoms with Crippen LogP contribution >= 0.6 is 0 Å². The van der Waals surface area contributed by atoms with Crippen molar-refractivity contribution in [1.29, 1.82) is 0 Å². The predicted octanol–water partition coefficient (Wildman–Crippen LogP) is 3.56. The smallest absolute Gasteiger partial charge is 0.303 e. The summed E-state index contributed by atoms with van der Waals surface area (Å²) >= 11 is 0. The monoisotopic (exact) mass is 318 g/mol. The van der Waals surface area contributed by atoms with Crippen molar-refractivity contribution < 1.29 is 31.8 Å². The highest BCUT2D eigenvalue weighted by Gasteiger charge is 2.46. The van der Waals surface area contributed by atoms with Gasteiger partial charge in [-0.05, 0) is 25.0 Å². The summed E-state index contributed by atoms with van der Waals surface area (Å²) in [5, 5.41) is 0. The molecule has 1 saturated carbocycles. The van der Waals surface area contributed by atoms with Crippen LogP contribution in [0.3, 0.4) is 0 Å². The number of hydrogen-bond donors (Lipinski definition) is 0. The topological polar surface area (TPSA) is 35.5 Å². The molecular weight excluding hydrogens is 304 g/mol. The first kappa shape index (κ1) is 16.3. The molecule has 0 bridgehead atoms. The van der Waals surface area contributed by atoms with Crippen molar-refractivity contribution in [3.8, 4) is 5.75 Å². The Labute approximate surface area is 124 Å². The Hall–Kier alpha value is -2.05. The summed E-state index contributed by atoms with van der Waals surface area (Å²) in [5.74, 6) is -6.06. The Morgan fingerprint density at radius 3 is 2.45 bits per heavy atom. The highest BCUT2D eigenvalue weighted by Crippen LogP contribution is 2.52. The maximum atomic E-state index is 14.1. The van der Waals surface area contributed by atoms with E-state index in [9.17, 15) is 22.4 Å². The summed E-state index contributed by atoms with van der Waals surface area (Å²) in [4.78, 5) is 10.6. The molecule has 0 spiro atoms. The number of carbonyl (C=O) groups excluding carboxylic acids is 1. The average molecular weight is 318 g/mol. The molecule has 1 aliphatic rings. The first-order valence-corrected chi connectivity index (χ1v) is 6.53. The molecule has 1 aromatic rings. The minimum atomic E-state index is -1.45. The van der Waals surface area contributed by atoms with Gasteiger partial charge >= 0.3 is 5.97 Å². The molecule has 0 amide bonds. The molecule has 0 N–H and O–H groups in total. The third-order valence-electron chi connectivity index (χ3n) is 3.49. The van der Waals surface area contributed by atoms with E-state index in [1.165, 1.54) is 0 Å². The molecule has 3 nitrogen and oxygen atoms in total. The maximum absolute atomic E-state index is 14.1. The number of carbonyl (C=O) groups is 1. The Bertz CT molecular complexity index is 636. The second-order valence-electron chi connectivity index (χ2n) is 5.09. The highest BCUT2D eigenvalue weighted by atomic mass is 19.2. The summed E-state index contributed by atoms with van der Waals surface area (Å²) in [6, 6.07) is 0.805. The van der Waals surface area contributed by atoms with Gasteiger partial charge in [0.2, 0.25) is 5.82 Å². The van der Waals surface area contributed by atoms with Crippen LogP contribution in [0.15, 0.2) is 18.0 Å². The summed E-state index contributed by atoms with van der Waals surface area (Å²) in [7, 11) is 1.02. The minimum absolute atomic E-state index is 0.277. The van der Waals surface area contributed by atoms with Crippen molar-refractivity contribution in [3.63, 3.8) is 0 Å². The molecule has 0 atom stereocenters. The SMILES string of the molecule is COc1c(F)cc(C2(C=C(F)COC(C)=O)CC2)c(F)c1F. The predicted molar refractivity (Wildman–Crippen MR) is 69.6 cm³/mol. The molecule has 0 unspecified atom stereocenters. The van der Waals surface area contributed by atoms with Crippen LogP contribution < -0.4 is 4.74 Å². The van der Waals surface area contributed by atoms with Crippen molar-refractivity contribution in [2.45, 2.75) is 25.2 Å². The Morgan fingerprint density at radius 2 is 1.95 bits per heavy atom. The lowest BCUT2D eigenvalue weighted by atomic mass is 9.94. The van der Waals surface area contributed by atoms with Crippen molar-refractivity contribution in [2.75, 3.05) is 13.7 Å². The molecule has 1 aliphatic carbocycles. The van der Waals surface area contributed by atoms with E-state index in [0.717, 1.165) is 26.2 Å². The van der Waals surface area contributed by atoms with E-state index < -0.39 is 47.0 Å². The second-order valence-corrected chi connectivity index (χ2v) is 5.09. The Kier molecular flexibility index (Phi) is 4.44. The summed E-state index contributed by atoms with van der Waals surface area (Å²) in [5.41, 5.74) is -1.40. The molecular formula is C15H14F4O3. The van der Waals surface area contributed by atoms with Gasteiger partial charge in [-0.25, -0.2) is 13.2 Å². The lowest BCUT2D eigenvalue weighted by molar-refractivity contribution is -0.140. The fraction of sp³-hybridized carbons (Fsp3) is 0.400. The molecule has 0 saturated heterocycles. The van der Waals surface area contributed by atoms with Gasteiger partial charge in [0.15, 0.2) is 17.4 Å². The number of halogens is 4. The third-order valence-corrected chi connectivity index (χ3v) is 3.49. The van der Waals surface area contributed by atoms with Crippen LogP contribution in [0, 0.1) is 17.5 Å². The van der Waals surface area contributed by atoms with E-state index in [-0.39, 0.29) is 5.56 Å². The molecule has 120 valence electrons. The number of esters is 1. The molecule has 2 rings (SSSR count). The van der Waals surface area contributed by atoms with Crippen LogP contribution in [-0.4, -0.2) is 19.7 Å². The van der Waals surface area contributed by atoms with Crippen molar-refractivity contribution in [1.82, 2.24) is 0 Å². The first-order valence-electron chi connectivity index (χ1n) is 6.53. The fourth-order valence-electron chi connectivity index (χ4n) is 2.27. The van der Waals surface area contributed by atoms with E-state index in [1.807, 2.05) is 0 Å². The number of benzene rings is 1. The van der Waals surface area contributed by atoms with E-state index in [1.54, 1.807) is 0 Å². The van der Waals surface area contributed by atoms with Crippen molar-refractivity contribution in [2.24, 2.45) is 0 Å². The number of allylic oxidation sites excluding steroid dienone is 1. The van der Waals surface area contributed by atoms with Crippen molar-refractivity contribution in [3.05, 3.63) is 41.0 Å². The van der Waals surface area contributed by atoms with E-state index >= 15 is 0 Å². The normalized spacial score (nSPS) is 16.4. The molecule has 7 heteroatoms. The Morgan fingerprint density at radius 1 is 1.32 bits per heavy atom. The fourth-order valence-corrected chi connectivity index (χ4v) is 2.27. The minimum Gasteiger partial charge on any atom is -0.491 e. The van der Waals surface area contributed by atoms with Gasteiger partial charge in [-0.15, -0.1) is 0 Å². The molecule has 1 fully saturated rings. The molecule has 1 aromatic carbocycles. The number of hydrogen-bond acceptors (Lipinski definition) is 3. The van der Waals surface area contributed by atoms with Gasteiger partial charge in [-0.1, -0.05) is 0 Å². The van der Waals surface area contributed by atoms with Crippen molar-refractivity contribution >= 4 is 5.97 Å². The second kappa shape index (κ2) is 5.98. The quantitative estimate of drug-likeness (QED) is 0.473. The molecule has 0 aliphatic heterocycles. The van der Waals surface area contributed by atoms with Gasteiger partial charge in [0, 0.05) is 17.9 Å². The van der Waals surface area contributed by atoms with Crippen LogP contribution in [0.2, 0.25) is 0 Å². The first-order chi connectivity index (χ1) is 10.3.